The quantitative estimate of drug-likeness (QED) is 0.894. The second-order valence-electron chi connectivity index (χ2n) is 6.46. The van der Waals surface area contributed by atoms with Gasteiger partial charge in [0, 0.05) is 11.6 Å². The monoisotopic (exact) mass is 292 g/mol. The number of fused-ring (bicyclic) bond motifs is 1. The Labute approximate surface area is 126 Å². The Morgan fingerprint density at radius 3 is 2.52 bits per heavy atom. The summed E-state index contributed by atoms with van der Waals surface area (Å²) in [6.45, 7) is 10.1. The molecule has 116 valence electrons. The summed E-state index contributed by atoms with van der Waals surface area (Å²) in [7, 11) is 0. The van der Waals surface area contributed by atoms with Crippen LogP contribution in [0, 0.1) is 0 Å². The first-order chi connectivity index (χ1) is 9.76. The summed E-state index contributed by atoms with van der Waals surface area (Å²) in [5.41, 5.74) is 0.837. The minimum Gasteiger partial charge on any atom is -0.454 e. The third-order valence-electron chi connectivity index (χ3n) is 3.29. The van der Waals surface area contributed by atoms with Crippen LogP contribution in [0.15, 0.2) is 18.2 Å². The largest absolute Gasteiger partial charge is 0.454 e. The lowest BCUT2D eigenvalue weighted by molar-refractivity contribution is -0.124. The van der Waals surface area contributed by atoms with Crippen molar-refractivity contribution in [2.24, 2.45) is 0 Å². The van der Waals surface area contributed by atoms with Crippen LogP contribution in [0.3, 0.4) is 0 Å². The Hall–Kier alpha value is -1.75. The summed E-state index contributed by atoms with van der Waals surface area (Å²) < 4.78 is 10.7. The van der Waals surface area contributed by atoms with Crippen LogP contribution in [0.25, 0.3) is 0 Å². The molecule has 0 aromatic heterocycles. The predicted octanol–water partition coefficient (Wildman–Crippen LogP) is 2.37. The molecule has 0 saturated heterocycles. The van der Waals surface area contributed by atoms with Crippen molar-refractivity contribution in [1.82, 2.24) is 10.6 Å². The van der Waals surface area contributed by atoms with Crippen molar-refractivity contribution in [3.8, 4) is 11.5 Å². The van der Waals surface area contributed by atoms with E-state index in [1.54, 1.807) is 0 Å². The molecule has 21 heavy (non-hydrogen) atoms. The van der Waals surface area contributed by atoms with E-state index in [0.717, 1.165) is 17.1 Å². The lowest BCUT2D eigenvalue weighted by Gasteiger charge is -2.25. The van der Waals surface area contributed by atoms with E-state index in [2.05, 4.69) is 10.6 Å². The van der Waals surface area contributed by atoms with Gasteiger partial charge in [0.25, 0.3) is 0 Å². The van der Waals surface area contributed by atoms with Crippen LogP contribution in [0.1, 0.15) is 46.2 Å². The smallest absolute Gasteiger partial charge is 0.237 e. The van der Waals surface area contributed by atoms with E-state index in [9.17, 15) is 4.79 Å². The average molecular weight is 292 g/mol. The van der Waals surface area contributed by atoms with Gasteiger partial charge in [-0.05, 0) is 52.3 Å². The number of rotatable bonds is 4. The number of amides is 1. The van der Waals surface area contributed by atoms with Crippen molar-refractivity contribution < 1.29 is 14.3 Å². The molecule has 5 nitrogen and oxygen atoms in total. The van der Waals surface area contributed by atoms with E-state index >= 15 is 0 Å². The number of ether oxygens (including phenoxy) is 2. The zero-order valence-corrected chi connectivity index (χ0v) is 13.3. The molecule has 2 unspecified atom stereocenters. The van der Waals surface area contributed by atoms with Gasteiger partial charge in [-0.3, -0.25) is 10.1 Å². The average Bonchev–Trinajstić information content (AvgIpc) is 2.83. The van der Waals surface area contributed by atoms with Gasteiger partial charge in [0.2, 0.25) is 12.7 Å². The molecule has 0 radical (unpaired) electrons. The summed E-state index contributed by atoms with van der Waals surface area (Å²) in [6, 6.07) is 5.61. The highest BCUT2D eigenvalue weighted by molar-refractivity contribution is 5.82. The number of carbonyl (C=O) groups is 1. The fourth-order valence-electron chi connectivity index (χ4n) is 2.21. The Kier molecular flexibility index (Phi) is 4.42. The van der Waals surface area contributed by atoms with Crippen LogP contribution < -0.4 is 20.1 Å². The molecular formula is C16H24N2O3. The van der Waals surface area contributed by atoms with E-state index in [-0.39, 0.29) is 30.3 Å². The number of nitrogens with one attached hydrogen (secondary N) is 2. The molecule has 0 aliphatic carbocycles. The summed E-state index contributed by atoms with van der Waals surface area (Å²) >= 11 is 0. The van der Waals surface area contributed by atoms with Gasteiger partial charge in [-0.15, -0.1) is 0 Å². The van der Waals surface area contributed by atoms with Gasteiger partial charge in [0.05, 0.1) is 6.04 Å². The van der Waals surface area contributed by atoms with Crippen molar-refractivity contribution in [1.29, 1.82) is 0 Å². The number of benzene rings is 1. The molecule has 2 rings (SSSR count). The van der Waals surface area contributed by atoms with E-state index in [0.29, 0.717) is 0 Å². The van der Waals surface area contributed by atoms with Gasteiger partial charge in [0.15, 0.2) is 11.5 Å². The topological polar surface area (TPSA) is 59.6 Å². The molecular weight excluding hydrogens is 268 g/mol. The summed E-state index contributed by atoms with van der Waals surface area (Å²) in [5, 5.41) is 6.27. The predicted molar refractivity (Wildman–Crippen MR) is 81.5 cm³/mol. The van der Waals surface area contributed by atoms with E-state index in [1.165, 1.54) is 0 Å². The van der Waals surface area contributed by atoms with Gasteiger partial charge >= 0.3 is 0 Å². The lowest BCUT2D eigenvalue weighted by Crippen LogP contribution is -2.49. The van der Waals surface area contributed by atoms with E-state index in [1.807, 2.05) is 52.8 Å². The molecule has 5 heteroatoms. The Bertz CT molecular complexity index is 523. The Balaban J connectivity index is 1.97. The summed E-state index contributed by atoms with van der Waals surface area (Å²) in [6.07, 6.45) is 0. The SMILES string of the molecule is CC(NC(C)c1ccc2c(c1)OCO2)C(=O)NC(C)(C)C. The van der Waals surface area contributed by atoms with E-state index < -0.39 is 0 Å². The normalized spacial score (nSPS) is 16.4. The van der Waals surface area contributed by atoms with Gasteiger partial charge in [-0.25, -0.2) is 0 Å². The number of hydrogen-bond donors (Lipinski definition) is 2. The van der Waals surface area contributed by atoms with Crippen molar-refractivity contribution in [3.63, 3.8) is 0 Å². The highest BCUT2D eigenvalue weighted by Gasteiger charge is 2.22. The van der Waals surface area contributed by atoms with E-state index in [4.69, 9.17) is 9.47 Å². The molecule has 1 amide bonds. The molecule has 0 spiro atoms. The van der Waals surface area contributed by atoms with Gasteiger partial charge in [0.1, 0.15) is 0 Å². The van der Waals surface area contributed by atoms with Crippen molar-refractivity contribution in [2.75, 3.05) is 6.79 Å². The maximum absolute atomic E-state index is 12.1. The third kappa shape index (κ3) is 4.11. The standard InChI is InChI=1S/C16H24N2O3/c1-10(17-11(2)15(19)18-16(3,4)5)12-6-7-13-14(8-12)21-9-20-13/h6-8,10-11,17H,9H2,1-5H3,(H,18,19). The maximum Gasteiger partial charge on any atom is 0.237 e. The number of hydrogen-bond acceptors (Lipinski definition) is 4. The molecule has 2 N–H and O–H groups in total. The second-order valence-corrected chi connectivity index (χ2v) is 6.46. The zero-order chi connectivity index (χ0) is 15.6. The maximum atomic E-state index is 12.1. The molecule has 1 aliphatic heterocycles. The minimum atomic E-state index is -0.273. The molecule has 2 atom stereocenters. The van der Waals surface area contributed by atoms with Crippen LogP contribution in [0.4, 0.5) is 0 Å². The lowest BCUT2D eigenvalue weighted by atomic mass is 10.1. The molecule has 0 saturated carbocycles. The molecule has 1 aliphatic rings. The first-order valence-electron chi connectivity index (χ1n) is 7.24. The van der Waals surface area contributed by atoms with Gasteiger partial charge in [-0.1, -0.05) is 6.07 Å². The Morgan fingerprint density at radius 1 is 1.19 bits per heavy atom. The fourth-order valence-corrected chi connectivity index (χ4v) is 2.21. The Morgan fingerprint density at radius 2 is 1.86 bits per heavy atom. The molecule has 1 aromatic rings. The fraction of sp³-hybridized carbons (Fsp3) is 0.562. The first-order valence-corrected chi connectivity index (χ1v) is 7.24. The molecule has 0 fully saturated rings. The van der Waals surface area contributed by atoms with Crippen molar-refractivity contribution >= 4 is 5.91 Å². The van der Waals surface area contributed by atoms with Crippen LogP contribution in [-0.4, -0.2) is 24.3 Å². The van der Waals surface area contributed by atoms with Crippen LogP contribution in [0.2, 0.25) is 0 Å². The minimum absolute atomic E-state index is 0.00454. The first kappa shape index (κ1) is 15.6. The number of carbonyl (C=O) groups excluding carboxylic acids is 1. The van der Waals surface area contributed by atoms with Crippen LogP contribution >= 0.6 is 0 Å². The third-order valence-corrected chi connectivity index (χ3v) is 3.29. The van der Waals surface area contributed by atoms with Crippen molar-refractivity contribution in [2.45, 2.75) is 52.2 Å². The summed E-state index contributed by atoms with van der Waals surface area (Å²) in [5.74, 6) is 1.52. The molecule has 1 heterocycles. The van der Waals surface area contributed by atoms with Crippen molar-refractivity contribution in [3.05, 3.63) is 23.8 Å². The zero-order valence-electron chi connectivity index (χ0n) is 13.3. The van der Waals surface area contributed by atoms with Crippen LogP contribution in [0.5, 0.6) is 11.5 Å². The second kappa shape index (κ2) is 5.93. The highest BCUT2D eigenvalue weighted by Crippen LogP contribution is 2.34. The highest BCUT2D eigenvalue weighted by atomic mass is 16.7. The molecule has 0 bridgehead atoms. The van der Waals surface area contributed by atoms with Crippen LogP contribution in [-0.2, 0) is 4.79 Å². The van der Waals surface area contributed by atoms with Gasteiger partial charge in [-0.2, -0.15) is 0 Å². The molecule has 1 aromatic carbocycles. The summed E-state index contributed by atoms with van der Waals surface area (Å²) in [4.78, 5) is 12.1. The van der Waals surface area contributed by atoms with Gasteiger partial charge < -0.3 is 14.8 Å².